The van der Waals surface area contributed by atoms with E-state index in [9.17, 15) is 9.59 Å². The van der Waals surface area contributed by atoms with E-state index in [0.717, 1.165) is 19.4 Å². The molecule has 3 heterocycles. The SMILES string of the molecule is O=C(C1CC(=O)N(C2NNC3CCCCC32)C1)N1CCc2ccccc2C1. The molecule has 2 saturated heterocycles. The van der Waals surface area contributed by atoms with Crippen molar-refractivity contribution in [2.45, 2.75) is 57.3 Å². The Balaban J connectivity index is 1.26. The van der Waals surface area contributed by atoms with Gasteiger partial charge in [-0.2, -0.15) is 0 Å². The number of nitrogens with one attached hydrogen (secondary N) is 2. The Morgan fingerprint density at radius 3 is 2.78 bits per heavy atom. The maximum atomic E-state index is 13.1. The molecule has 6 nitrogen and oxygen atoms in total. The molecule has 3 fully saturated rings. The maximum Gasteiger partial charge on any atom is 0.228 e. The normalized spacial score (nSPS) is 33.1. The topological polar surface area (TPSA) is 64.7 Å². The maximum absolute atomic E-state index is 13.1. The van der Waals surface area contributed by atoms with Crippen LogP contribution in [0.2, 0.25) is 0 Å². The lowest BCUT2D eigenvalue weighted by atomic mass is 9.84. The van der Waals surface area contributed by atoms with Gasteiger partial charge in [0.2, 0.25) is 11.8 Å². The molecular weight excluding hydrogens is 340 g/mol. The molecule has 0 spiro atoms. The molecule has 1 saturated carbocycles. The number of hydrazine groups is 1. The number of hydrogen-bond acceptors (Lipinski definition) is 4. The van der Waals surface area contributed by atoms with E-state index in [1.54, 1.807) is 0 Å². The minimum Gasteiger partial charge on any atom is -0.338 e. The van der Waals surface area contributed by atoms with Gasteiger partial charge < -0.3 is 9.80 Å². The van der Waals surface area contributed by atoms with Gasteiger partial charge in [-0.1, -0.05) is 37.1 Å². The summed E-state index contributed by atoms with van der Waals surface area (Å²) in [7, 11) is 0. The molecule has 2 N–H and O–H groups in total. The third-order valence-electron chi connectivity index (χ3n) is 6.93. The molecule has 5 rings (SSSR count). The number of hydrogen-bond donors (Lipinski definition) is 2. The highest BCUT2D eigenvalue weighted by Gasteiger charge is 2.46. The van der Waals surface area contributed by atoms with Gasteiger partial charge in [-0.25, -0.2) is 5.43 Å². The Bertz CT molecular complexity index is 751. The Morgan fingerprint density at radius 2 is 1.89 bits per heavy atom. The van der Waals surface area contributed by atoms with Crippen molar-refractivity contribution in [2.75, 3.05) is 13.1 Å². The fourth-order valence-corrected chi connectivity index (χ4v) is 5.43. The van der Waals surface area contributed by atoms with E-state index in [4.69, 9.17) is 0 Å². The van der Waals surface area contributed by atoms with Crippen LogP contribution in [0.3, 0.4) is 0 Å². The highest BCUT2D eigenvalue weighted by atomic mass is 16.2. The highest BCUT2D eigenvalue weighted by molar-refractivity contribution is 5.89. The molecule has 1 aromatic rings. The van der Waals surface area contributed by atoms with Gasteiger partial charge in [-0.15, -0.1) is 0 Å². The number of carbonyl (C=O) groups is 2. The summed E-state index contributed by atoms with van der Waals surface area (Å²) < 4.78 is 0. The molecule has 0 radical (unpaired) electrons. The summed E-state index contributed by atoms with van der Waals surface area (Å²) in [6.45, 7) is 1.99. The van der Waals surface area contributed by atoms with Crippen molar-refractivity contribution in [3.63, 3.8) is 0 Å². The summed E-state index contributed by atoms with van der Waals surface area (Å²) >= 11 is 0. The van der Waals surface area contributed by atoms with Crippen molar-refractivity contribution in [1.82, 2.24) is 20.7 Å². The molecule has 1 aromatic carbocycles. The zero-order chi connectivity index (χ0) is 18.4. The number of rotatable bonds is 2. The fourth-order valence-electron chi connectivity index (χ4n) is 5.43. The van der Waals surface area contributed by atoms with Crippen LogP contribution in [0.1, 0.15) is 43.2 Å². The summed E-state index contributed by atoms with van der Waals surface area (Å²) in [5.74, 6) is 0.536. The minimum absolute atomic E-state index is 0.0441. The predicted molar refractivity (Wildman–Crippen MR) is 101 cm³/mol. The van der Waals surface area contributed by atoms with Gasteiger partial charge in [-0.3, -0.25) is 15.0 Å². The Labute approximate surface area is 160 Å². The summed E-state index contributed by atoms with van der Waals surface area (Å²) in [5, 5.41) is 0. The van der Waals surface area contributed by atoms with Crippen molar-refractivity contribution >= 4 is 11.8 Å². The zero-order valence-corrected chi connectivity index (χ0v) is 15.7. The number of benzene rings is 1. The van der Waals surface area contributed by atoms with Crippen LogP contribution in [0.25, 0.3) is 0 Å². The van der Waals surface area contributed by atoms with Gasteiger partial charge in [0.05, 0.1) is 12.1 Å². The average Bonchev–Trinajstić information content (AvgIpc) is 3.30. The van der Waals surface area contributed by atoms with Crippen LogP contribution in [-0.4, -0.2) is 46.9 Å². The summed E-state index contributed by atoms with van der Waals surface area (Å²) in [4.78, 5) is 29.7. The molecule has 0 bridgehead atoms. The molecule has 3 aliphatic heterocycles. The molecule has 2 amide bonds. The zero-order valence-electron chi connectivity index (χ0n) is 15.7. The standard InChI is InChI=1S/C21H28N4O2/c26-19-11-16(13-25(19)20-17-7-3-4-8-18(17)22-23-20)21(27)24-10-9-14-5-1-2-6-15(14)12-24/h1-2,5-6,16-18,20,22-23H,3-4,7-13H2. The predicted octanol–water partition coefficient (Wildman–Crippen LogP) is 1.41. The summed E-state index contributed by atoms with van der Waals surface area (Å²) in [6.07, 6.45) is 6.12. The largest absolute Gasteiger partial charge is 0.338 e. The van der Waals surface area contributed by atoms with E-state index in [1.165, 1.54) is 30.4 Å². The molecule has 6 heteroatoms. The van der Waals surface area contributed by atoms with Gasteiger partial charge in [0, 0.05) is 38.0 Å². The smallest absolute Gasteiger partial charge is 0.228 e. The highest BCUT2D eigenvalue weighted by Crippen LogP contribution is 2.34. The van der Waals surface area contributed by atoms with E-state index in [0.29, 0.717) is 31.5 Å². The average molecular weight is 368 g/mol. The molecule has 1 aliphatic carbocycles. The van der Waals surface area contributed by atoms with E-state index < -0.39 is 0 Å². The van der Waals surface area contributed by atoms with Crippen LogP contribution in [0, 0.1) is 11.8 Å². The molecule has 4 atom stereocenters. The van der Waals surface area contributed by atoms with E-state index in [1.807, 2.05) is 15.9 Å². The first-order valence-electron chi connectivity index (χ1n) is 10.4. The van der Waals surface area contributed by atoms with Crippen molar-refractivity contribution in [3.05, 3.63) is 35.4 Å². The lowest BCUT2D eigenvalue weighted by Gasteiger charge is -2.33. The minimum atomic E-state index is -0.202. The Hall–Kier alpha value is -1.92. The van der Waals surface area contributed by atoms with Gasteiger partial charge in [0.25, 0.3) is 0 Å². The number of fused-ring (bicyclic) bond motifs is 2. The van der Waals surface area contributed by atoms with Crippen molar-refractivity contribution in [1.29, 1.82) is 0 Å². The van der Waals surface area contributed by atoms with Crippen LogP contribution in [0.5, 0.6) is 0 Å². The molecule has 4 unspecified atom stereocenters. The van der Waals surface area contributed by atoms with E-state index >= 15 is 0 Å². The third kappa shape index (κ3) is 3.05. The van der Waals surface area contributed by atoms with Gasteiger partial charge in [0.15, 0.2) is 0 Å². The first kappa shape index (κ1) is 17.2. The molecular formula is C21H28N4O2. The van der Waals surface area contributed by atoms with Crippen molar-refractivity contribution in [3.8, 4) is 0 Å². The second-order valence-electron chi connectivity index (χ2n) is 8.51. The van der Waals surface area contributed by atoms with Crippen LogP contribution < -0.4 is 10.9 Å². The second-order valence-corrected chi connectivity index (χ2v) is 8.51. The van der Waals surface area contributed by atoms with Gasteiger partial charge in [0.1, 0.15) is 0 Å². The van der Waals surface area contributed by atoms with Crippen LogP contribution in [0.4, 0.5) is 0 Å². The Kier molecular flexibility index (Phi) is 4.40. The third-order valence-corrected chi connectivity index (χ3v) is 6.93. The van der Waals surface area contributed by atoms with E-state index in [2.05, 4.69) is 29.1 Å². The summed E-state index contributed by atoms with van der Waals surface area (Å²) in [5.41, 5.74) is 9.32. The number of nitrogens with zero attached hydrogens (tertiary/aromatic N) is 2. The van der Waals surface area contributed by atoms with E-state index in [-0.39, 0.29) is 23.9 Å². The number of carbonyl (C=O) groups excluding carboxylic acids is 2. The lowest BCUT2D eigenvalue weighted by molar-refractivity contribution is -0.136. The quantitative estimate of drug-likeness (QED) is 0.829. The molecule has 27 heavy (non-hydrogen) atoms. The molecule has 144 valence electrons. The van der Waals surface area contributed by atoms with Crippen molar-refractivity contribution < 1.29 is 9.59 Å². The molecule has 4 aliphatic rings. The van der Waals surface area contributed by atoms with Crippen LogP contribution in [-0.2, 0) is 22.6 Å². The first-order chi connectivity index (χ1) is 13.2. The van der Waals surface area contributed by atoms with Crippen LogP contribution >= 0.6 is 0 Å². The molecule has 0 aromatic heterocycles. The first-order valence-corrected chi connectivity index (χ1v) is 10.4. The van der Waals surface area contributed by atoms with Crippen molar-refractivity contribution in [2.24, 2.45) is 11.8 Å². The number of amides is 2. The lowest BCUT2D eigenvalue weighted by Crippen LogP contribution is -2.49. The monoisotopic (exact) mass is 368 g/mol. The second kappa shape index (κ2) is 6.91. The fraction of sp³-hybridized carbons (Fsp3) is 0.619. The Morgan fingerprint density at radius 1 is 1.07 bits per heavy atom. The van der Waals surface area contributed by atoms with Gasteiger partial charge >= 0.3 is 0 Å². The summed E-state index contributed by atoms with van der Waals surface area (Å²) in [6, 6.07) is 8.82. The number of likely N-dealkylation sites (tertiary alicyclic amines) is 1. The van der Waals surface area contributed by atoms with Gasteiger partial charge in [-0.05, 0) is 30.4 Å². The van der Waals surface area contributed by atoms with Crippen LogP contribution in [0.15, 0.2) is 24.3 Å².